The van der Waals surface area contributed by atoms with Crippen LogP contribution in [0, 0.1) is 0 Å². The van der Waals surface area contributed by atoms with Crippen molar-refractivity contribution in [3.05, 3.63) is 0 Å². The third-order valence-electron chi connectivity index (χ3n) is 4.41. The van der Waals surface area contributed by atoms with Crippen LogP contribution in [0.4, 0.5) is 0 Å². The SMILES string of the molecule is CCNC(=NCC(=O)N1CCCCC1)NCCN(C(C)C)C(C)C.I. The molecule has 0 aromatic carbocycles. The highest BCUT2D eigenvalue weighted by Gasteiger charge is 2.16. The number of aliphatic imine (C=N–C) groups is 1. The lowest BCUT2D eigenvalue weighted by Gasteiger charge is -2.30. The molecule has 0 aliphatic carbocycles. The largest absolute Gasteiger partial charge is 0.357 e. The topological polar surface area (TPSA) is 60.0 Å². The van der Waals surface area contributed by atoms with E-state index in [0.29, 0.717) is 12.1 Å². The Morgan fingerprint density at radius 1 is 1.08 bits per heavy atom. The van der Waals surface area contributed by atoms with Gasteiger partial charge in [0.05, 0.1) is 0 Å². The molecule has 7 heteroatoms. The maximum absolute atomic E-state index is 12.2. The molecule has 1 heterocycles. The zero-order chi connectivity index (χ0) is 17.9. The number of guanidine groups is 1. The summed E-state index contributed by atoms with van der Waals surface area (Å²) in [7, 11) is 0. The molecule has 0 atom stereocenters. The lowest BCUT2D eigenvalue weighted by atomic mass is 10.1. The highest BCUT2D eigenvalue weighted by molar-refractivity contribution is 14.0. The number of hydrogen-bond acceptors (Lipinski definition) is 3. The summed E-state index contributed by atoms with van der Waals surface area (Å²) < 4.78 is 0. The van der Waals surface area contributed by atoms with E-state index in [9.17, 15) is 4.79 Å². The molecule has 1 saturated heterocycles. The molecule has 0 bridgehead atoms. The molecule has 1 aliphatic rings. The number of amides is 1. The van der Waals surface area contributed by atoms with Crippen molar-refractivity contribution in [2.75, 3.05) is 39.3 Å². The van der Waals surface area contributed by atoms with Crippen LogP contribution in [0.5, 0.6) is 0 Å². The first kappa shape index (κ1) is 24.4. The normalized spacial score (nSPS) is 15.5. The number of hydrogen-bond donors (Lipinski definition) is 2. The lowest BCUT2D eigenvalue weighted by molar-refractivity contribution is -0.130. The maximum atomic E-state index is 12.2. The van der Waals surface area contributed by atoms with Crippen LogP contribution in [-0.4, -0.2) is 73.0 Å². The second-order valence-electron chi connectivity index (χ2n) is 6.99. The minimum atomic E-state index is 0. The molecule has 2 N–H and O–H groups in total. The molecule has 1 fully saturated rings. The minimum Gasteiger partial charge on any atom is -0.357 e. The van der Waals surface area contributed by atoms with Crippen molar-refractivity contribution in [2.24, 2.45) is 4.99 Å². The average molecular weight is 467 g/mol. The fraction of sp³-hybridized carbons (Fsp3) is 0.889. The van der Waals surface area contributed by atoms with Gasteiger partial charge in [-0.2, -0.15) is 0 Å². The van der Waals surface area contributed by atoms with Gasteiger partial charge in [0.25, 0.3) is 0 Å². The highest BCUT2D eigenvalue weighted by atomic mass is 127. The zero-order valence-corrected chi connectivity index (χ0v) is 19.0. The van der Waals surface area contributed by atoms with Crippen molar-refractivity contribution in [2.45, 2.75) is 66.0 Å². The van der Waals surface area contributed by atoms with Crippen molar-refractivity contribution in [3.8, 4) is 0 Å². The molecular formula is C18H38IN5O. The summed E-state index contributed by atoms with van der Waals surface area (Å²) >= 11 is 0. The van der Waals surface area contributed by atoms with Crippen LogP contribution in [0.1, 0.15) is 53.9 Å². The molecule has 0 saturated carbocycles. The molecule has 0 unspecified atom stereocenters. The number of likely N-dealkylation sites (tertiary alicyclic amines) is 1. The van der Waals surface area contributed by atoms with Crippen LogP contribution < -0.4 is 10.6 Å². The summed E-state index contributed by atoms with van der Waals surface area (Å²) in [5.74, 6) is 0.869. The Kier molecular flexibility index (Phi) is 13.3. The Bertz CT molecular complexity index is 387. The first-order valence-corrected chi connectivity index (χ1v) is 9.51. The van der Waals surface area contributed by atoms with Crippen molar-refractivity contribution < 1.29 is 4.79 Å². The predicted molar refractivity (Wildman–Crippen MR) is 117 cm³/mol. The van der Waals surface area contributed by atoms with E-state index in [1.54, 1.807) is 0 Å². The Labute approximate surface area is 171 Å². The van der Waals surface area contributed by atoms with Gasteiger partial charge in [0.1, 0.15) is 6.54 Å². The zero-order valence-electron chi connectivity index (χ0n) is 16.7. The van der Waals surface area contributed by atoms with Crippen LogP contribution in [0.2, 0.25) is 0 Å². The van der Waals surface area contributed by atoms with Crippen molar-refractivity contribution in [1.82, 2.24) is 20.4 Å². The van der Waals surface area contributed by atoms with Crippen molar-refractivity contribution >= 4 is 35.8 Å². The molecule has 0 radical (unpaired) electrons. The van der Waals surface area contributed by atoms with Gasteiger partial charge >= 0.3 is 0 Å². The number of rotatable bonds is 8. The average Bonchev–Trinajstić information content (AvgIpc) is 2.56. The van der Waals surface area contributed by atoms with Gasteiger partial charge in [-0.25, -0.2) is 4.99 Å². The van der Waals surface area contributed by atoms with Crippen LogP contribution in [0.15, 0.2) is 4.99 Å². The molecule has 0 aromatic rings. The first-order valence-electron chi connectivity index (χ1n) is 9.51. The molecule has 25 heavy (non-hydrogen) atoms. The Morgan fingerprint density at radius 2 is 1.68 bits per heavy atom. The van der Waals surface area contributed by atoms with Gasteiger partial charge in [0.2, 0.25) is 5.91 Å². The summed E-state index contributed by atoms with van der Waals surface area (Å²) in [6, 6.07) is 1.04. The number of carbonyl (C=O) groups is 1. The van der Waals surface area contributed by atoms with E-state index >= 15 is 0 Å². The van der Waals surface area contributed by atoms with Gasteiger partial charge in [-0.1, -0.05) is 0 Å². The van der Waals surface area contributed by atoms with Gasteiger partial charge < -0.3 is 15.5 Å². The van der Waals surface area contributed by atoms with Gasteiger partial charge in [0, 0.05) is 44.8 Å². The molecule has 148 valence electrons. The Morgan fingerprint density at radius 3 is 2.20 bits per heavy atom. The number of nitrogens with one attached hydrogen (secondary N) is 2. The van der Waals surface area contributed by atoms with Crippen molar-refractivity contribution in [1.29, 1.82) is 0 Å². The third-order valence-corrected chi connectivity index (χ3v) is 4.41. The van der Waals surface area contributed by atoms with Gasteiger partial charge in [-0.3, -0.25) is 9.69 Å². The Hall–Kier alpha value is -0.570. The van der Waals surface area contributed by atoms with E-state index in [4.69, 9.17) is 0 Å². The molecule has 1 rings (SSSR count). The quantitative estimate of drug-likeness (QED) is 0.327. The summed E-state index contributed by atoms with van der Waals surface area (Å²) in [5, 5.41) is 6.57. The van der Waals surface area contributed by atoms with E-state index in [2.05, 4.69) is 48.2 Å². The van der Waals surface area contributed by atoms with E-state index in [-0.39, 0.29) is 36.4 Å². The van der Waals surface area contributed by atoms with Gasteiger partial charge in [-0.05, 0) is 53.9 Å². The van der Waals surface area contributed by atoms with E-state index in [1.807, 2.05) is 11.8 Å². The third kappa shape index (κ3) is 9.63. The summed E-state index contributed by atoms with van der Waals surface area (Å²) in [6.45, 7) is 15.5. The van der Waals surface area contributed by atoms with Gasteiger partial charge in [0.15, 0.2) is 5.96 Å². The van der Waals surface area contributed by atoms with E-state index < -0.39 is 0 Å². The second kappa shape index (κ2) is 13.6. The van der Waals surface area contributed by atoms with E-state index in [0.717, 1.165) is 51.5 Å². The maximum Gasteiger partial charge on any atom is 0.244 e. The molecular weight excluding hydrogens is 429 g/mol. The standard InChI is InChI=1S/C18H37N5O.HI/c1-6-19-18(20-10-13-23(15(2)3)16(4)5)21-14-17(24)22-11-8-7-9-12-22;/h15-16H,6-14H2,1-5H3,(H2,19,20,21);1H. The molecule has 1 aliphatic heterocycles. The van der Waals surface area contributed by atoms with Gasteiger partial charge in [-0.15, -0.1) is 24.0 Å². The number of carbonyl (C=O) groups excluding carboxylic acids is 1. The molecule has 0 spiro atoms. The number of halogens is 1. The van der Waals surface area contributed by atoms with Crippen LogP contribution in [0.3, 0.4) is 0 Å². The lowest BCUT2D eigenvalue weighted by Crippen LogP contribution is -2.45. The second-order valence-corrected chi connectivity index (χ2v) is 6.99. The minimum absolute atomic E-state index is 0. The summed E-state index contributed by atoms with van der Waals surface area (Å²) in [4.78, 5) is 21.1. The molecule has 6 nitrogen and oxygen atoms in total. The number of nitrogens with zero attached hydrogens (tertiary/aromatic N) is 3. The summed E-state index contributed by atoms with van der Waals surface area (Å²) in [5.41, 5.74) is 0. The monoisotopic (exact) mass is 467 g/mol. The van der Waals surface area contributed by atoms with Crippen LogP contribution in [0.25, 0.3) is 0 Å². The van der Waals surface area contributed by atoms with E-state index in [1.165, 1.54) is 6.42 Å². The highest BCUT2D eigenvalue weighted by Crippen LogP contribution is 2.08. The summed E-state index contributed by atoms with van der Waals surface area (Å²) in [6.07, 6.45) is 3.47. The fourth-order valence-corrected chi connectivity index (χ4v) is 3.15. The first-order chi connectivity index (χ1) is 11.5. The molecule has 1 amide bonds. The fourth-order valence-electron chi connectivity index (χ4n) is 3.15. The molecule has 0 aromatic heterocycles. The van der Waals surface area contributed by atoms with Crippen molar-refractivity contribution in [3.63, 3.8) is 0 Å². The Balaban J connectivity index is 0.00000576. The van der Waals surface area contributed by atoms with Crippen LogP contribution in [-0.2, 0) is 4.79 Å². The number of piperidine rings is 1. The predicted octanol–water partition coefficient (Wildman–Crippen LogP) is 2.29. The van der Waals surface area contributed by atoms with Crippen LogP contribution >= 0.6 is 24.0 Å². The smallest absolute Gasteiger partial charge is 0.244 e.